The van der Waals surface area contributed by atoms with Crippen LogP contribution in [0.1, 0.15) is 39.5 Å². The van der Waals surface area contributed by atoms with Gasteiger partial charge in [-0.2, -0.15) is 0 Å². The van der Waals surface area contributed by atoms with Crippen molar-refractivity contribution in [2.75, 3.05) is 13.1 Å². The number of nitrogens with one attached hydrogen (secondary N) is 1. The van der Waals surface area contributed by atoms with Crippen LogP contribution in [0.15, 0.2) is 0 Å². The van der Waals surface area contributed by atoms with Crippen LogP contribution in [0.4, 0.5) is 0 Å². The van der Waals surface area contributed by atoms with Crippen LogP contribution in [-0.4, -0.2) is 30.1 Å². The number of carboxylic acid groups (broad SMARTS) is 1. The fraction of sp³-hybridized carbons (Fsp3) is 0.833. The summed E-state index contributed by atoms with van der Waals surface area (Å²) in [6, 6.07) is 0. The van der Waals surface area contributed by atoms with Crippen molar-refractivity contribution in [2.24, 2.45) is 17.6 Å². The first-order valence-electron chi connectivity index (χ1n) is 6.17. The molecule has 0 rings (SSSR count). The van der Waals surface area contributed by atoms with Gasteiger partial charge in [0.05, 0.1) is 0 Å². The lowest BCUT2D eigenvalue weighted by Crippen LogP contribution is -2.33. The normalized spacial score (nSPS) is 14.1. The first-order valence-corrected chi connectivity index (χ1v) is 6.17. The molecule has 0 saturated heterocycles. The molecule has 0 saturated carbocycles. The van der Waals surface area contributed by atoms with E-state index in [1.165, 1.54) is 0 Å². The van der Waals surface area contributed by atoms with E-state index < -0.39 is 5.97 Å². The van der Waals surface area contributed by atoms with Gasteiger partial charge in [0.2, 0.25) is 5.91 Å². The van der Waals surface area contributed by atoms with E-state index in [2.05, 4.69) is 5.32 Å². The molecule has 100 valence electrons. The van der Waals surface area contributed by atoms with E-state index in [-0.39, 0.29) is 24.2 Å². The third-order valence-electron chi connectivity index (χ3n) is 2.76. The van der Waals surface area contributed by atoms with Gasteiger partial charge in [0.15, 0.2) is 0 Å². The predicted octanol–water partition coefficient (Wildman–Crippen LogP) is 0.979. The van der Waals surface area contributed by atoms with Crippen molar-refractivity contribution in [2.45, 2.75) is 39.5 Å². The zero-order valence-electron chi connectivity index (χ0n) is 10.7. The summed E-state index contributed by atoms with van der Waals surface area (Å²) in [5.41, 5.74) is 5.38. The molecular weight excluding hydrogens is 220 g/mol. The number of carbonyl (C=O) groups excluding carboxylic acids is 1. The van der Waals surface area contributed by atoms with Crippen LogP contribution in [0.25, 0.3) is 0 Å². The van der Waals surface area contributed by atoms with Gasteiger partial charge in [0.25, 0.3) is 0 Å². The van der Waals surface area contributed by atoms with E-state index in [4.69, 9.17) is 10.8 Å². The summed E-state index contributed by atoms with van der Waals surface area (Å²) in [6.07, 6.45) is 2.39. The van der Waals surface area contributed by atoms with E-state index >= 15 is 0 Å². The topological polar surface area (TPSA) is 92.4 Å². The first kappa shape index (κ1) is 15.9. The zero-order chi connectivity index (χ0) is 13.3. The van der Waals surface area contributed by atoms with Crippen molar-refractivity contribution in [3.05, 3.63) is 0 Å². The van der Waals surface area contributed by atoms with Crippen LogP contribution >= 0.6 is 0 Å². The van der Waals surface area contributed by atoms with Gasteiger partial charge in [-0.25, -0.2) is 0 Å². The quantitative estimate of drug-likeness (QED) is 0.563. The van der Waals surface area contributed by atoms with E-state index in [1.807, 2.05) is 13.8 Å². The number of aliphatic carboxylic acids is 1. The van der Waals surface area contributed by atoms with Crippen LogP contribution in [-0.2, 0) is 9.59 Å². The Balaban J connectivity index is 3.71. The Bertz CT molecular complexity index is 244. The van der Waals surface area contributed by atoms with Gasteiger partial charge in [-0.15, -0.1) is 0 Å². The molecule has 5 heteroatoms. The number of nitrogens with two attached hydrogens (primary N) is 1. The zero-order valence-corrected chi connectivity index (χ0v) is 10.7. The van der Waals surface area contributed by atoms with Crippen LogP contribution in [0.3, 0.4) is 0 Å². The van der Waals surface area contributed by atoms with E-state index in [0.29, 0.717) is 19.5 Å². The Hall–Kier alpha value is -1.10. The van der Waals surface area contributed by atoms with Crippen LogP contribution in [0.2, 0.25) is 0 Å². The van der Waals surface area contributed by atoms with Gasteiger partial charge in [-0.05, 0) is 31.7 Å². The second kappa shape index (κ2) is 8.98. The minimum absolute atomic E-state index is 0.0229. The molecule has 0 bridgehead atoms. The van der Waals surface area contributed by atoms with Gasteiger partial charge >= 0.3 is 5.97 Å². The average molecular weight is 244 g/mol. The maximum Gasteiger partial charge on any atom is 0.303 e. The Labute approximate surface area is 103 Å². The number of rotatable bonds is 9. The smallest absolute Gasteiger partial charge is 0.303 e. The lowest BCUT2D eigenvalue weighted by molar-refractivity contribution is -0.137. The lowest BCUT2D eigenvalue weighted by atomic mass is 10.0. The molecule has 2 atom stereocenters. The molecule has 17 heavy (non-hydrogen) atoms. The van der Waals surface area contributed by atoms with Crippen LogP contribution < -0.4 is 11.1 Å². The molecule has 0 radical (unpaired) electrons. The van der Waals surface area contributed by atoms with Crippen molar-refractivity contribution in [1.82, 2.24) is 5.32 Å². The minimum atomic E-state index is -0.792. The molecule has 2 unspecified atom stereocenters. The average Bonchev–Trinajstić information content (AvgIpc) is 2.30. The first-order chi connectivity index (χ1) is 7.97. The minimum Gasteiger partial charge on any atom is -0.481 e. The van der Waals surface area contributed by atoms with E-state index in [9.17, 15) is 9.59 Å². The Kier molecular flexibility index (Phi) is 8.40. The van der Waals surface area contributed by atoms with Gasteiger partial charge in [0.1, 0.15) is 0 Å². The third kappa shape index (κ3) is 8.68. The molecular formula is C12H24N2O3. The highest BCUT2D eigenvalue weighted by Crippen LogP contribution is 2.07. The molecule has 0 aromatic carbocycles. The summed E-state index contributed by atoms with van der Waals surface area (Å²) in [7, 11) is 0. The summed E-state index contributed by atoms with van der Waals surface area (Å²) in [5.74, 6) is -0.595. The summed E-state index contributed by atoms with van der Waals surface area (Å²) in [6.45, 7) is 4.96. The number of amides is 1. The lowest BCUT2D eigenvalue weighted by Gasteiger charge is -2.15. The fourth-order valence-corrected chi connectivity index (χ4v) is 1.48. The molecule has 0 spiro atoms. The number of hydrogen-bond donors (Lipinski definition) is 3. The summed E-state index contributed by atoms with van der Waals surface area (Å²) in [4.78, 5) is 22.0. The van der Waals surface area contributed by atoms with Crippen molar-refractivity contribution in [3.63, 3.8) is 0 Å². The molecule has 0 heterocycles. The summed E-state index contributed by atoms with van der Waals surface area (Å²) in [5, 5.41) is 11.4. The van der Waals surface area contributed by atoms with E-state index in [0.717, 1.165) is 12.8 Å². The molecule has 0 aliphatic heterocycles. The van der Waals surface area contributed by atoms with Crippen LogP contribution in [0.5, 0.6) is 0 Å². The van der Waals surface area contributed by atoms with Crippen molar-refractivity contribution in [3.8, 4) is 0 Å². The van der Waals surface area contributed by atoms with Gasteiger partial charge in [-0.3, -0.25) is 9.59 Å². The third-order valence-corrected chi connectivity index (χ3v) is 2.76. The second-order valence-corrected chi connectivity index (χ2v) is 4.61. The Morgan fingerprint density at radius 3 is 2.47 bits per heavy atom. The van der Waals surface area contributed by atoms with Crippen molar-refractivity contribution >= 4 is 11.9 Å². The molecule has 4 N–H and O–H groups in total. The number of hydrogen-bond acceptors (Lipinski definition) is 3. The molecule has 0 aliphatic carbocycles. The van der Waals surface area contributed by atoms with Gasteiger partial charge in [-0.1, -0.05) is 13.8 Å². The largest absolute Gasteiger partial charge is 0.481 e. The van der Waals surface area contributed by atoms with E-state index in [1.54, 1.807) is 0 Å². The standard InChI is InChI=1S/C12H24N2O3/c1-9(5-6-11(15)16)8-14-12(17)10(2)4-3-7-13/h9-10H,3-8,13H2,1-2H3,(H,14,17)(H,15,16). The molecule has 0 aliphatic rings. The number of carbonyl (C=O) groups is 2. The maximum absolute atomic E-state index is 11.6. The fourth-order valence-electron chi connectivity index (χ4n) is 1.48. The summed E-state index contributed by atoms with van der Waals surface area (Å²) < 4.78 is 0. The van der Waals surface area contributed by atoms with Crippen molar-refractivity contribution in [1.29, 1.82) is 0 Å². The second-order valence-electron chi connectivity index (χ2n) is 4.61. The molecule has 5 nitrogen and oxygen atoms in total. The molecule has 0 aromatic heterocycles. The van der Waals surface area contributed by atoms with Gasteiger partial charge < -0.3 is 16.2 Å². The van der Waals surface area contributed by atoms with Crippen molar-refractivity contribution < 1.29 is 14.7 Å². The predicted molar refractivity (Wildman–Crippen MR) is 66.5 cm³/mol. The monoisotopic (exact) mass is 244 g/mol. The molecule has 0 aromatic rings. The Morgan fingerprint density at radius 1 is 1.29 bits per heavy atom. The number of carboxylic acids is 1. The Morgan fingerprint density at radius 2 is 1.94 bits per heavy atom. The maximum atomic E-state index is 11.6. The van der Waals surface area contributed by atoms with Gasteiger partial charge in [0, 0.05) is 18.9 Å². The summed E-state index contributed by atoms with van der Waals surface area (Å²) >= 11 is 0. The highest BCUT2D eigenvalue weighted by atomic mass is 16.4. The highest BCUT2D eigenvalue weighted by molar-refractivity contribution is 5.78. The SMILES string of the molecule is CC(CCC(=O)O)CNC(=O)C(C)CCCN. The molecule has 1 amide bonds. The highest BCUT2D eigenvalue weighted by Gasteiger charge is 2.13. The van der Waals surface area contributed by atoms with Crippen LogP contribution in [0, 0.1) is 11.8 Å². The molecule has 0 fully saturated rings.